The Balaban J connectivity index is 2.25. The van der Waals surface area contributed by atoms with Crippen molar-refractivity contribution in [3.05, 3.63) is 68.7 Å². The third-order valence-corrected chi connectivity index (χ3v) is 3.91. The van der Waals surface area contributed by atoms with E-state index < -0.39 is 10.5 Å². The lowest BCUT2D eigenvalue weighted by atomic mass is 9.96. The number of nitrogens with one attached hydrogen (secondary N) is 1. The second kappa shape index (κ2) is 6.98. The number of ketones is 1. The molecule has 0 heterocycles. The average molecular weight is 349 g/mol. The zero-order valence-electron chi connectivity index (χ0n) is 13.2. The van der Waals surface area contributed by atoms with Gasteiger partial charge in [-0.25, -0.2) is 0 Å². The van der Waals surface area contributed by atoms with E-state index in [0.717, 1.165) is 0 Å². The van der Waals surface area contributed by atoms with Crippen LogP contribution in [0.3, 0.4) is 0 Å². The lowest BCUT2D eigenvalue weighted by Crippen LogP contribution is -2.30. The minimum Gasteiger partial charge on any atom is -0.384 e. The Labute approximate surface area is 144 Å². The molecule has 0 spiro atoms. The number of Topliss-reactive ketones (excluding diaryl/α,β-unsaturated/α-hetero) is 1. The summed E-state index contributed by atoms with van der Waals surface area (Å²) in [6.07, 6.45) is 0. The summed E-state index contributed by atoms with van der Waals surface area (Å²) in [5.41, 5.74) is -0.422. The number of hydrogen-bond acceptors (Lipinski definition) is 5. The van der Waals surface area contributed by atoms with Gasteiger partial charge in [-0.15, -0.1) is 0 Å². The standard InChI is InChI=1S/C17H17ClN2O4/c1-11(21)12-6-7-15(16(8-12)20(23)24)19-10-17(2,22)13-4-3-5-14(18)9-13/h3-9,19,22H,10H2,1-2H3. The van der Waals surface area contributed by atoms with Crippen LogP contribution < -0.4 is 5.32 Å². The molecule has 0 bridgehead atoms. The number of hydrogen-bond donors (Lipinski definition) is 2. The van der Waals surface area contributed by atoms with E-state index in [9.17, 15) is 20.0 Å². The molecule has 2 aromatic rings. The molecular weight excluding hydrogens is 332 g/mol. The van der Waals surface area contributed by atoms with Crippen LogP contribution in [0.2, 0.25) is 5.02 Å². The molecule has 0 fully saturated rings. The van der Waals surface area contributed by atoms with Crippen LogP contribution in [-0.2, 0) is 5.60 Å². The van der Waals surface area contributed by atoms with Gasteiger partial charge in [-0.05, 0) is 43.7 Å². The molecule has 7 heteroatoms. The van der Waals surface area contributed by atoms with Crippen molar-refractivity contribution in [2.75, 3.05) is 11.9 Å². The fourth-order valence-corrected chi connectivity index (χ4v) is 2.43. The SMILES string of the molecule is CC(=O)c1ccc(NCC(C)(O)c2cccc(Cl)c2)c([N+](=O)[O-])c1. The largest absolute Gasteiger partial charge is 0.384 e. The third kappa shape index (κ3) is 4.10. The molecule has 1 unspecified atom stereocenters. The summed E-state index contributed by atoms with van der Waals surface area (Å²) >= 11 is 5.93. The topological polar surface area (TPSA) is 92.5 Å². The molecule has 2 N–H and O–H groups in total. The molecule has 0 saturated carbocycles. The van der Waals surface area contributed by atoms with Crippen molar-refractivity contribution < 1.29 is 14.8 Å². The van der Waals surface area contributed by atoms with Crippen LogP contribution in [0, 0.1) is 10.1 Å². The first-order chi connectivity index (χ1) is 11.2. The molecule has 2 aromatic carbocycles. The molecular formula is C17H17ClN2O4. The zero-order chi connectivity index (χ0) is 17.9. The molecule has 0 aliphatic rings. The van der Waals surface area contributed by atoms with Crippen molar-refractivity contribution in [1.82, 2.24) is 0 Å². The fraction of sp³-hybridized carbons (Fsp3) is 0.235. The summed E-state index contributed by atoms with van der Waals surface area (Å²) < 4.78 is 0. The Morgan fingerprint density at radius 3 is 2.62 bits per heavy atom. The summed E-state index contributed by atoms with van der Waals surface area (Å²) in [5.74, 6) is -0.254. The first-order valence-electron chi connectivity index (χ1n) is 7.22. The summed E-state index contributed by atoms with van der Waals surface area (Å²) in [6, 6.07) is 11.0. The van der Waals surface area contributed by atoms with Crippen LogP contribution in [-0.4, -0.2) is 22.4 Å². The van der Waals surface area contributed by atoms with Crippen LogP contribution in [0.4, 0.5) is 11.4 Å². The van der Waals surface area contributed by atoms with Gasteiger partial charge < -0.3 is 10.4 Å². The highest BCUT2D eigenvalue weighted by atomic mass is 35.5. The minimum absolute atomic E-state index is 0.0353. The van der Waals surface area contributed by atoms with Gasteiger partial charge in [0.15, 0.2) is 5.78 Å². The number of anilines is 1. The monoisotopic (exact) mass is 348 g/mol. The number of aliphatic hydroxyl groups is 1. The van der Waals surface area contributed by atoms with E-state index in [1.807, 2.05) is 0 Å². The number of nitro benzene ring substituents is 1. The summed E-state index contributed by atoms with van der Waals surface area (Å²) in [6.45, 7) is 2.96. The maximum absolute atomic E-state index is 11.4. The first kappa shape index (κ1) is 17.9. The molecule has 0 aromatic heterocycles. The molecule has 0 aliphatic heterocycles. The minimum atomic E-state index is -1.28. The van der Waals surface area contributed by atoms with Gasteiger partial charge >= 0.3 is 0 Å². The highest BCUT2D eigenvalue weighted by molar-refractivity contribution is 6.30. The summed E-state index contributed by atoms with van der Waals surface area (Å²) in [7, 11) is 0. The molecule has 0 amide bonds. The van der Waals surface area contributed by atoms with Gasteiger partial charge in [0, 0.05) is 23.2 Å². The van der Waals surface area contributed by atoms with E-state index in [1.165, 1.54) is 25.1 Å². The van der Waals surface area contributed by atoms with Crippen molar-refractivity contribution in [3.63, 3.8) is 0 Å². The lowest BCUT2D eigenvalue weighted by Gasteiger charge is -2.25. The van der Waals surface area contributed by atoms with Crippen LogP contribution >= 0.6 is 11.6 Å². The van der Waals surface area contributed by atoms with Gasteiger partial charge in [-0.2, -0.15) is 0 Å². The van der Waals surface area contributed by atoms with Crippen molar-refractivity contribution >= 4 is 28.8 Å². The smallest absolute Gasteiger partial charge is 0.293 e. The molecule has 2 rings (SSSR count). The number of carbonyl (C=O) groups is 1. The van der Waals surface area contributed by atoms with E-state index in [4.69, 9.17) is 11.6 Å². The van der Waals surface area contributed by atoms with Crippen LogP contribution in [0.5, 0.6) is 0 Å². The molecule has 1 atom stereocenters. The quantitative estimate of drug-likeness (QED) is 0.471. The Morgan fingerprint density at radius 1 is 1.33 bits per heavy atom. The Hall–Kier alpha value is -2.44. The predicted octanol–water partition coefficient (Wildman–Crippen LogP) is 3.77. The highest BCUT2D eigenvalue weighted by Crippen LogP contribution is 2.29. The fourth-order valence-electron chi connectivity index (χ4n) is 2.24. The van der Waals surface area contributed by atoms with Crippen LogP contribution in [0.25, 0.3) is 0 Å². The van der Waals surface area contributed by atoms with Gasteiger partial charge in [-0.1, -0.05) is 23.7 Å². The summed E-state index contributed by atoms with van der Waals surface area (Å²) in [4.78, 5) is 22.0. The van der Waals surface area contributed by atoms with E-state index >= 15 is 0 Å². The Kier molecular flexibility index (Phi) is 5.21. The van der Waals surface area contributed by atoms with Gasteiger partial charge in [0.1, 0.15) is 11.3 Å². The van der Waals surface area contributed by atoms with E-state index in [2.05, 4.69) is 5.32 Å². The molecule has 126 valence electrons. The average Bonchev–Trinajstić information content (AvgIpc) is 2.52. The lowest BCUT2D eigenvalue weighted by molar-refractivity contribution is -0.384. The maximum Gasteiger partial charge on any atom is 0.293 e. The van der Waals surface area contributed by atoms with Gasteiger partial charge in [0.25, 0.3) is 5.69 Å². The van der Waals surface area contributed by atoms with Crippen molar-refractivity contribution in [2.45, 2.75) is 19.4 Å². The third-order valence-electron chi connectivity index (χ3n) is 3.67. The molecule has 0 radical (unpaired) electrons. The number of benzene rings is 2. The number of carbonyl (C=O) groups excluding carboxylic acids is 1. The highest BCUT2D eigenvalue weighted by Gasteiger charge is 2.25. The van der Waals surface area contributed by atoms with E-state index in [-0.39, 0.29) is 29.3 Å². The number of nitrogens with zero attached hydrogens (tertiary/aromatic N) is 1. The number of nitro groups is 1. The number of rotatable bonds is 6. The predicted molar refractivity (Wildman–Crippen MR) is 92.6 cm³/mol. The maximum atomic E-state index is 11.4. The van der Waals surface area contributed by atoms with E-state index in [0.29, 0.717) is 10.6 Å². The second-order valence-corrected chi connectivity index (χ2v) is 6.12. The van der Waals surface area contributed by atoms with Crippen molar-refractivity contribution in [1.29, 1.82) is 0 Å². The Morgan fingerprint density at radius 2 is 2.04 bits per heavy atom. The van der Waals surface area contributed by atoms with Crippen molar-refractivity contribution in [2.24, 2.45) is 0 Å². The van der Waals surface area contributed by atoms with Gasteiger partial charge in [0.05, 0.1) is 4.92 Å². The number of halogens is 1. The van der Waals surface area contributed by atoms with Gasteiger partial charge in [-0.3, -0.25) is 14.9 Å². The second-order valence-electron chi connectivity index (χ2n) is 5.68. The normalized spacial score (nSPS) is 13.2. The molecule has 24 heavy (non-hydrogen) atoms. The van der Waals surface area contributed by atoms with E-state index in [1.54, 1.807) is 31.2 Å². The van der Waals surface area contributed by atoms with Crippen LogP contribution in [0.1, 0.15) is 29.8 Å². The zero-order valence-corrected chi connectivity index (χ0v) is 14.0. The summed E-state index contributed by atoms with van der Waals surface area (Å²) in [5, 5.41) is 25.2. The first-order valence-corrected chi connectivity index (χ1v) is 7.60. The molecule has 0 saturated heterocycles. The molecule has 0 aliphatic carbocycles. The molecule has 6 nitrogen and oxygen atoms in total. The van der Waals surface area contributed by atoms with Crippen LogP contribution in [0.15, 0.2) is 42.5 Å². The van der Waals surface area contributed by atoms with Crippen molar-refractivity contribution in [3.8, 4) is 0 Å². The van der Waals surface area contributed by atoms with Gasteiger partial charge in [0.2, 0.25) is 0 Å². The Bertz CT molecular complexity index is 790.